The minimum atomic E-state index is -0.0941. The number of nitrogens with zero attached hydrogens (tertiary/aromatic N) is 2. The van der Waals surface area contributed by atoms with E-state index in [2.05, 4.69) is 4.57 Å². The zero-order chi connectivity index (χ0) is 19.6. The number of para-hydroxylation sites is 2. The number of ether oxygens (including phenoxy) is 2. The summed E-state index contributed by atoms with van der Waals surface area (Å²) in [5.74, 6) is 1.98. The molecule has 0 N–H and O–H groups in total. The molecule has 0 saturated carbocycles. The van der Waals surface area contributed by atoms with Crippen molar-refractivity contribution in [2.75, 3.05) is 26.5 Å². The van der Waals surface area contributed by atoms with Crippen molar-refractivity contribution in [1.82, 2.24) is 9.47 Å². The molecule has 2 aromatic rings. The van der Waals surface area contributed by atoms with E-state index >= 15 is 0 Å². The first-order valence-corrected chi connectivity index (χ1v) is 10.2. The van der Waals surface area contributed by atoms with Crippen LogP contribution in [0.5, 0.6) is 11.5 Å². The van der Waals surface area contributed by atoms with Crippen molar-refractivity contribution in [1.29, 1.82) is 0 Å². The molecule has 0 fully saturated rings. The molecular formula is C20H24N2O3S2. The first kappa shape index (κ1) is 19.8. The molecule has 0 spiro atoms. The summed E-state index contributed by atoms with van der Waals surface area (Å²) in [6.07, 6.45) is -0.0941. The highest BCUT2D eigenvalue weighted by Gasteiger charge is 2.24. The molecule has 0 bridgehead atoms. The first-order chi connectivity index (χ1) is 12.9. The standard InChI is InChI=1S/C20H24N2O3S2/c1-13-9-16(17(23)12-27-20(26)21(3)4)14(2)22(13)10-15-11-24-18-7-5-6-8-19(18)25-15/h5-9,15H,10-12H2,1-4H3. The lowest BCUT2D eigenvalue weighted by atomic mass is 10.2. The van der Waals surface area contributed by atoms with E-state index in [0.29, 0.717) is 23.2 Å². The van der Waals surface area contributed by atoms with Crippen LogP contribution < -0.4 is 9.47 Å². The summed E-state index contributed by atoms with van der Waals surface area (Å²) in [6.45, 7) is 5.12. The van der Waals surface area contributed by atoms with Crippen LogP contribution in [-0.2, 0) is 6.54 Å². The Labute approximate surface area is 169 Å². The van der Waals surface area contributed by atoms with Crippen molar-refractivity contribution >= 4 is 34.1 Å². The number of aromatic nitrogens is 1. The van der Waals surface area contributed by atoms with Crippen LogP contribution >= 0.6 is 24.0 Å². The average Bonchev–Trinajstić information content (AvgIpc) is 2.94. The number of hydrogen-bond donors (Lipinski definition) is 0. The summed E-state index contributed by atoms with van der Waals surface area (Å²) in [5.41, 5.74) is 2.74. The molecule has 0 amide bonds. The van der Waals surface area contributed by atoms with Gasteiger partial charge in [-0.25, -0.2) is 0 Å². The van der Waals surface area contributed by atoms with Crippen LogP contribution in [0.3, 0.4) is 0 Å². The van der Waals surface area contributed by atoms with E-state index in [9.17, 15) is 4.79 Å². The minimum Gasteiger partial charge on any atom is -0.486 e. The number of thiocarbonyl (C=S) groups is 1. The number of ketones is 1. The van der Waals surface area contributed by atoms with Crippen molar-refractivity contribution in [2.24, 2.45) is 0 Å². The summed E-state index contributed by atoms with van der Waals surface area (Å²) in [7, 11) is 3.77. The summed E-state index contributed by atoms with van der Waals surface area (Å²) in [6, 6.07) is 9.64. The Balaban J connectivity index is 1.69. The van der Waals surface area contributed by atoms with Crippen molar-refractivity contribution in [3.8, 4) is 11.5 Å². The third-order valence-electron chi connectivity index (χ3n) is 4.52. The number of fused-ring (bicyclic) bond motifs is 1. The molecule has 5 nitrogen and oxygen atoms in total. The lowest BCUT2D eigenvalue weighted by Gasteiger charge is -2.27. The minimum absolute atomic E-state index is 0.0923. The Bertz CT molecular complexity index is 861. The van der Waals surface area contributed by atoms with Crippen molar-refractivity contribution in [3.05, 3.63) is 47.3 Å². The molecule has 1 unspecified atom stereocenters. The predicted molar refractivity (Wildman–Crippen MR) is 113 cm³/mol. The van der Waals surface area contributed by atoms with Crippen molar-refractivity contribution in [2.45, 2.75) is 26.5 Å². The first-order valence-electron chi connectivity index (χ1n) is 8.79. The molecule has 1 aromatic heterocycles. The maximum absolute atomic E-state index is 12.6. The van der Waals surface area contributed by atoms with E-state index in [1.165, 1.54) is 11.8 Å². The average molecular weight is 405 g/mol. The van der Waals surface area contributed by atoms with Crippen LogP contribution in [0.4, 0.5) is 0 Å². The Kier molecular flexibility index (Phi) is 6.11. The third kappa shape index (κ3) is 4.47. The van der Waals surface area contributed by atoms with Crippen LogP contribution in [0.2, 0.25) is 0 Å². The molecule has 27 heavy (non-hydrogen) atoms. The number of thioether (sulfide) groups is 1. The molecule has 1 aliphatic heterocycles. The fourth-order valence-corrected chi connectivity index (χ4v) is 3.90. The molecule has 2 heterocycles. The van der Waals surface area contributed by atoms with Gasteiger partial charge in [0.1, 0.15) is 10.9 Å². The highest BCUT2D eigenvalue weighted by atomic mass is 32.2. The summed E-state index contributed by atoms with van der Waals surface area (Å²) in [4.78, 5) is 14.5. The topological polar surface area (TPSA) is 43.7 Å². The maximum Gasteiger partial charge on any atom is 0.174 e. The van der Waals surface area contributed by atoms with Crippen LogP contribution in [0, 0.1) is 13.8 Å². The van der Waals surface area contributed by atoms with Gasteiger partial charge < -0.3 is 18.9 Å². The van der Waals surface area contributed by atoms with Gasteiger partial charge in [0.2, 0.25) is 0 Å². The molecule has 1 atom stereocenters. The zero-order valence-electron chi connectivity index (χ0n) is 16.0. The second kappa shape index (κ2) is 8.35. The van der Waals surface area contributed by atoms with Crippen molar-refractivity contribution < 1.29 is 14.3 Å². The highest BCUT2D eigenvalue weighted by molar-refractivity contribution is 8.23. The molecular weight excluding hydrogens is 380 g/mol. The van der Waals surface area contributed by atoms with Gasteiger partial charge in [-0.1, -0.05) is 36.1 Å². The van der Waals surface area contributed by atoms with Crippen LogP contribution in [0.15, 0.2) is 30.3 Å². The van der Waals surface area contributed by atoms with Gasteiger partial charge >= 0.3 is 0 Å². The molecule has 144 valence electrons. The Morgan fingerprint density at radius 2 is 2.00 bits per heavy atom. The smallest absolute Gasteiger partial charge is 0.174 e. The van der Waals surface area contributed by atoms with E-state index in [1.807, 2.05) is 63.2 Å². The van der Waals surface area contributed by atoms with E-state index in [4.69, 9.17) is 21.7 Å². The van der Waals surface area contributed by atoms with Gasteiger partial charge in [-0.15, -0.1) is 0 Å². The summed E-state index contributed by atoms with van der Waals surface area (Å²) >= 11 is 6.64. The third-order valence-corrected chi connectivity index (χ3v) is 6.26. The Hall–Kier alpha value is -1.99. The normalized spacial score (nSPS) is 15.5. The molecule has 0 saturated heterocycles. The van der Waals surface area contributed by atoms with Gasteiger partial charge in [-0.2, -0.15) is 0 Å². The fraction of sp³-hybridized carbons (Fsp3) is 0.400. The molecule has 0 aliphatic carbocycles. The summed E-state index contributed by atoms with van der Waals surface area (Å²) < 4.78 is 14.7. The molecule has 7 heteroatoms. The van der Waals surface area contributed by atoms with E-state index < -0.39 is 0 Å². The van der Waals surface area contributed by atoms with Crippen molar-refractivity contribution in [3.63, 3.8) is 0 Å². The van der Waals surface area contributed by atoms with Gasteiger partial charge in [0.15, 0.2) is 23.4 Å². The summed E-state index contributed by atoms with van der Waals surface area (Å²) in [5, 5.41) is 0. The SMILES string of the molecule is Cc1cc(C(=O)CSC(=S)N(C)C)c(C)n1CC1COc2ccccc2O1. The lowest BCUT2D eigenvalue weighted by Crippen LogP contribution is -2.33. The number of rotatable bonds is 5. The Morgan fingerprint density at radius 1 is 1.30 bits per heavy atom. The fourth-order valence-electron chi connectivity index (χ4n) is 3.06. The van der Waals surface area contributed by atoms with Gasteiger partial charge in [-0.05, 0) is 32.0 Å². The largest absolute Gasteiger partial charge is 0.486 e. The lowest BCUT2D eigenvalue weighted by molar-refractivity contribution is 0.0777. The van der Waals surface area contributed by atoms with Crippen LogP contribution in [-0.4, -0.2) is 52.1 Å². The number of carbonyl (C=O) groups excluding carboxylic acids is 1. The number of Topliss-reactive ketones (excluding diaryl/α,β-unsaturated/α-hetero) is 1. The molecule has 1 aromatic carbocycles. The van der Waals surface area contributed by atoms with E-state index in [0.717, 1.165) is 28.5 Å². The highest BCUT2D eigenvalue weighted by Crippen LogP contribution is 2.31. The van der Waals surface area contributed by atoms with Gasteiger partial charge in [0, 0.05) is 31.0 Å². The monoisotopic (exact) mass is 404 g/mol. The molecule has 3 rings (SSSR count). The van der Waals surface area contributed by atoms with E-state index in [1.54, 1.807) is 0 Å². The molecule has 0 radical (unpaired) electrons. The number of benzene rings is 1. The maximum atomic E-state index is 12.6. The quantitative estimate of drug-likeness (QED) is 0.559. The van der Waals surface area contributed by atoms with Crippen LogP contribution in [0.25, 0.3) is 0 Å². The van der Waals surface area contributed by atoms with Gasteiger partial charge in [0.25, 0.3) is 0 Å². The number of carbonyl (C=O) groups is 1. The predicted octanol–water partition coefficient (Wildman–Crippen LogP) is 3.71. The number of aryl methyl sites for hydroxylation is 1. The Morgan fingerprint density at radius 3 is 2.70 bits per heavy atom. The second-order valence-electron chi connectivity index (χ2n) is 6.77. The van der Waals surface area contributed by atoms with Crippen LogP contribution in [0.1, 0.15) is 21.7 Å². The van der Waals surface area contributed by atoms with E-state index in [-0.39, 0.29) is 11.9 Å². The number of hydrogen-bond acceptors (Lipinski definition) is 5. The van der Waals surface area contributed by atoms with Gasteiger partial charge in [0.05, 0.1) is 12.3 Å². The van der Waals surface area contributed by atoms with Gasteiger partial charge in [-0.3, -0.25) is 4.79 Å². The second-order valence-corrected chi connectivity index (χ2v) is 8.37. The molecule has 1 aliphatic rings. The zero-order valence-corrected chi connectivity index (χ0v) is 17.7.